The van der Waals surface area contributed by atoms with Gasteiger partial charge in [0, 0.05) is 32.7 Å². The molecule has 0 N–H and O–H groups in total. The van der Waals surface area contributed by atoms with E-state index in [0.29, 0.717) is 0 Å². The minimum Gasteiger partial charge on any atom is -0.184 e. The van der Waals surface area contributed by atoms with Gasteiger partial charge in [0.2, 0.25) is 0 Å². The minimum absolute atomic E-state index is 0. The molecule has 1 heteroatoms. The Morgan fingerprint density at radius 2 is 1.25 bits per heavy atom. The summed E-state index contributed by atoms with van der Waals surface area (Å²) in [5.41, 5.74) is 4.11. The van der Waals surface area contributed by atoms with E-state index in [9.17, 15) is 0 Å². The van der Waals surface area contributed by atoms with Gasteiger partial charge >= 0.3 is 0 Å². The summed E-state index contributed by atoms with van der Waals surface area (Å²) in [5.74, 6) is 4.07. The zero-order valence-electron chi connectivity index (χ0n) is 17.6. The predicted octanol–water partition coefficient (Wildman–Crippen LogP) is 7.72. The Kier molecular flexibility index (Phi) is 8.80. The molecule has 2 aliphatic carbocycles. The summed E-state index contributed by atoms with van der Waals surface area (Å²) in [7, 11) is 0. The van der Waals surface area contributed by atoms with E-state index in [1.165, 1.54) is 80.9 Å². The number of aryl methyl sites for hydroxylation is 1. The monoisotopic (exact) mass is 448 g/mol. The molecule has 0 saturated heterocycles. The Labute approximate surface area is 197 Å². The summed E-state index contributed by atoms with van der Waals surface area (Å²) in [4.78, 5) is 0. The molecule has 2 saturated carbocycles. The van der Waals surface area contributed by atoms with Crippen molar-refractivity contribution in [1.82, 2.24) is 0 Å². The summed E-state index contributed by atoms with van der Waals surface area (Å²) >= 11 is 0. The van der Waals surface area contributed by atoms with Gasteiger partial charge in [-0.15, -0.1) is 5.56 Å². The zero-order chi connectivity index (χ0) is 18.5. The van der Waals surface area contributed by atoms with Gasteiger partial charge in [-0.05, 0) is 73.3 Å². The summed E-state index contributed by atoms with van der Waals surface area (Å²) in [6.45, 7) is 2.44. The molecule has 28 heavy (non-hydrogen) atoms. The Bertz CT molecular complexity index is 674. The fourth-order valence-corrected chi connectivity index (χ4v) is 5.52. The first-order chi connectivity index (χ1) is 13.3. The minimum atomic E-state index is 0. The first-order valence-electron chi connectivity index (χ1n) is 11.3. The van der Waals surface area contributed by atoms with Crippen LogP contribution in [0.2, 0.25) is 0 Å². The molecule has 0 unspecified atom stereocenters. The van der Waals surface area contributed by atoms with E-state index in [0.717, 1.165) is 23.7 Å². The Balaban J connectivity index is 0.00000225. The molecule has 0 aromatic heterocycles. The van der Waals surface area contributed by atoms with Crippen LogP contribution in [-0.2, 0) is 39.1 Å². The average molecular weight is 448 g/mol. The molecular weight excluding hydrogens is 413 g/mol. The second kappa shape index (κ2) is 11.1. The van der Waals surface area contributed by atoms with Crippen molar-refractivity contribution in [3.63, 3.8) is 0 Å². The molecule has 2 aromatic rings. The van der Waals surface area contributed by atoms with Crippen LogP contribution in [0.3, 0.4) is 0 Å². The molecule has 1 radical (unpaired) electrons. The van der Waals surface area contributed by atoms with E-state index >= 15 is 0 Å². The molecule has 0 amide bonds. The van der Waals surface area contributed by atoms with E-state index < -0.39 is 0 Å². The summed E-state index contributed by atoms with van der Waals surface area (Å²) in [6, 6.07) is 20.6. The van der Waals surface area contributed by atoms with Gasteiger partial charge in [-0.3, -0.25) is 0 Å². The molecule has 0 aliphatic heterocycles. The maximum Gasteiger partial charge on any atom is 0 e. The van der Waals surface area contributed by atoms with Crippen molar-refractivity contribution in [2.24, 2.45) is 23.7 Å². The molecule has 0 heterocycles. The van der Waals surface area contributed by atoms with Gasteiger partial charge < -0.3 is 0 Å². The number of benzene rings is 2. The third kappa shape index (κ3) is 6.02. The molecule has 2 fully saturated rings. The van der Waals surface area contributed by atoms with Crippen LogP contribution in [0, 0.1) is 29.7 Å². The first-order valence-corrected chi connectivity index (χ1v) is 11.3. The molecule has 0 nitrogen and oxygen atoms in total. The summed E-state index contributed by atoms with van der Waals surface area (Å²) < 4.78 is 0. The molecule has 2 aromatic carbocycles. The van der Waals surface area contributed by atoms with Crippen LogP contribution < -0.4 is 0 Å². The predicted molar refractivity (Wildman–Crippen MR) is 116 cm³/mol. The topological polar surface area (TPSA) is 0 Å². The standard InChI is InChI=1S/C27H35.Y/c1-21-7-15-25(16-8-21)27-19-13-23(14-20-27)10-9-22-11-17-26(18-12-22)24-5-3-2-4-6-24;/h3-6,11-12,17-18,21,23,25,27H,7-10,13-16,19-20H2,1H3;/q-1;. The van der Waals surface area contributed by atoms with Crippen molar-refractivity contribution in [1.29, 1.82) is 0 Å². The van der Waals surface area contributed by atoms with E-state index in [-0.39, 0.29) is 32.7 Å². The SMILES string of the molecule is CC1CCC(C2CCC(CCc3ccc(-c4cc[c-]cc4)cc3)CC2)CC1.[Y]. The molecule has 0 spiro atoms. The van der Waals surface area contributed by atoms with E-state index in [2.05, 4.69) is 49.4 Å². The van der Waals surface area contributed by atoms with E-state index in [4.69, 9.17) is 0 Å². The van der Waals surface area contributed by atoms with Crippen molar-refractivity contribution in [3.05, 3.63) is 60.2 Å². The third-order valence-corrected chi connectivity index (χ3v) is 7.47. The van der Waals surface area contributed by atoms with Crippen molar-refractivity contribution in [3.8, 4) is 11.1 Å². The van der Waals surface area contributed by atoms with Crippen LogP contribution in [-0.4, -0.2) is 0 Å². The second-order valence-corrected chi connectivity index (χ2v) is 9.33. The van der Waals surface area contributed by atoms with Crippen LogP contribution in [0.4, 0.5) is 0 Å². The fourth-order valence-electron chi connectivity index (χ4n) is 5.52. The van der Waals surface area contributed by atoms with Gasteiger partial charge in [-0.25, -0.2) is 0 Å². The van der Waals surface area contributed by atoms with Crippen molar-refractivity contribution < 1.29 is 32.7 Å². The molecule has 147 valence electrons. The normalized spacial score (nSPS) is 27.8. The van der Waals surface area contributed by atoms with Gasteiger partial charge in [0.25, 0.3) is 0 Å². The van der Waals surface area contributed by atoms with Gasteiger partial charge in [0.1, 0.15) is 0 Å². The summed E-state index contributed by atoms with van der Waals surface area (Å²) in [6.07, 6.45) is 14.6. The van der Waals surface area contributed by atoms with Crippen LogP contribution >= 0.6 is 0 Å². The Morgan fingerprint density at radius 3 is 1.86 bits per heavy atom. The largest absolute Gasteiger partial charge is 0.184 e. The number of hydrogen-bond acceptors (Lipinski definition) is 0. The Hall–Kier alpha value is -0.456. The van der Waals surface area contributed by atoms with Gasteiger partial charge in [-0.1, -0.05) is 56.9 Å². The van der Waals surface area contributed by atoms with Crippen LogP contribution in [0.5, 0.6) is 0 Å². The van der Waals surface area contributed by atoms with E-state index in [1.54, 1.807) is 0 Å². The maximum absolute atomic E-state index is 3.10. The maximum atomic E-state index is 3.10. The van der Waals surface area contributed by atoms with Gasteiger partial charge in [-0.2, -0.15) is 30.3 Å². The zero-order valence-corrected chi connectivity index (χ0v) is 20.4. The second-order valence-electron chi connectivity index (χ2n) is 9.33. The quantitative estimate of drug-likeness (QED) is 0.411. The van der Waals surface area contributed by atoms with Crippen LogP contribution in [0.25, 0.3) is 11.1 Å². The number of rotatable bonds is 5. The smallest absolute Gasteiger partial charge is 0 e. The van der Waals surface area contributed by atoms with E-state index in [1.807, 2.05) is 12.1 Å². The van der Waals surface area contributed by atoms with Crippen molar-refractivity contribution in [2.75, 3.05) is 0 Å². The molecular formula is C27H35Y-. The van der Waals surface area contributed by atoms with Crippen LogP contribution in [0.1, 0.15) is 70.3 Å². The third-order valence-electron chi connectivity index (χ3n) is 7.47. The molecule has 2 aliphatic rings. The fraction of sp³-hybridized carbons (Fsp3) is 0.556. The Morgan fingerprint density at radius 1 is 0.714 bits per heavy atom. The molecule has 0 bridgehead atoms. The summed E-state index contributed by atoms with van der Waals surface area (Å²) in [5, 5.41) is 0. The molecule has 0 atom stereocenters. The van der Waals surface area contributed by atoms with Gasteiger partial charge in [0.05, 0.1) is 0 Å². The number of hydrogen-bond donors (Lipinski definition) is 0. The first kappa shape index (κ1) is 22.2. The molecule has 4 rings (SSSR count). The van der Waals surface area contributed by atoms with Crippen LogP contribution in [0.15, 0.2) is 48.5 Å². The van der Waals surface area contributed by atoms with Crippen molar-refractivity contribution in [2.45, 2.75) is 71.1 Å². The van der Waals surface area contributed by atoms with Gasteiger partial charge in [0.15, 0.2) is 0 Å². The average Bonchev–Trinajstić information content (AvgIpc) is 2.74. The van der Waals surface area contributed by atoms with Crippen molar-refractivity contribution >= 4 is 0 Å².